The number of halogens is 2. The second-order valence-corrected chi connectivity index (χ2v) is 3.63. The van der Waals surface area contributed by atoms with Crippen LogP contribution in [0.4, 0.5) is 0 Å². The van der Waals surface area contributed by atoms with Crippen molar-refractivity contribution in [2.75, 3.05) is 6.54 Å². The van der Waals surface area contributed by atoms with Crippen LogP contribution in [0.2, 0.25) is 10.0 Å². The van der Waals surface area contributed by atoms with E-state index >= 15 is 0 Å². The number of hydrogen-bond donors (Lipinski definition) is 1. The summed E-state index contributed by atoms with van der Waals surface area (Å²) in [5.41, 5.74) is 0.996. The minimum absolute atomic E-state index is 0.586. The highest BCUT2D eigenvalue weighted by molar-refractivity contribution is 6.42. The standard InChI is InChI=1S/C11H11Cl2N/c1-2-3-7-14-8-9-5-4-6-10(12)11(9)13/h1,4-6,14H,3,7-8H2. The van der Waals surface area contributed by atoms with Crippen molar-refractivity contribution in [1.82, 2.24) is 5.32 Å². The summed E-state index contributed by atoms with van der Waals surface area (Å²) in [6, 6.07) is 5.60. The van der Waals surface area contributed by atoms with E-state index in [4.69, 9.17) is 29.6 Å². The third-order valence-corrected chi connectivity index (χ3v) is 2.65. The fraction of sp³-hybridized carbons (Fsp3) is 0.273. The smallest absolute Gasteiger partial charge is 0.0637 e. The van der Waals surface area contributed by atoms with Crippen LogP contribution in [-0.2, 0) is 6.54 Å². The Labute approximate surface area is 94.4 Å². The molecule has 1 aromatic carbocycles. The first-order valence-electron chi connectivity index (χ1n) is 4.32. The SMILES string of the molecule is C#CCCNCc1cccc(Cl)c1Cl. The van der Waals surface area contributed by atoms with Gasteiger partial charge in [0.15, 0.2) is 0 Å². The Bertz CT molecular complexity index is 342. The monoisotopic (exact) mass is 227 g/mol. The van der Waals surface area contributed by atoms with Gasteiger partial charge in [-0.05, 0) is 11.6 Å². The van der Waals surface area contributed by atoms with Crippen molar-refractivity contribution in [3.05, 3.63) is 33.8 Å². The average molecular weight is 228 g/mol. The van der Waals surface area contributed by atoms with Crippen LogP contribution in [0, 0.1) is 12.3 Å². The molecule has 0 radical (unpaired) electrons. The Morgan fingerprint density at radius 1 is 1.36 bits per heavy atom. The first-order chi connectivity index (χ1) is 6.75. The number of terminal acetylenes is 1. The lowest BCUT2D eigenvalue weighted by Crippen LogP contribution is -2.14. The van der Waals surface area contributed by atoms with Gasteiger partial charge in [0.1, 0.15) is 0 Å². The van der Waals surface area contributed by atoms with Crippen molar-refractivity contribution >= 4 is 23.2 Å². The van der Waals surface area contributed by atoms with Gasteiger partial charge in [0.05, 0.1) is 10.0 Å². The maximum Gasteiger partial charge on any atom is 0.0637 e. The molecular weight excluding hydrogens is 217 g/mol. The van der Waals surface area contributed by atoms with Gasteiger partial charge in [0.25, 0.3) is 0 Å². The van der Waals surface area contributed by atoms with E-state index in [1.807, 2.05) is 12.1 Å². The second-order valence-electron chi connectivity index (χ2n) is 2.84. The van der Waals surface area contributed by atoms with Crippen LogP contribution in [0.1, 0.15) is 12.0 Å². The van der Waals surface area contributed by atoms with E-state index in [1.165, 1.54) is 0 Å². The minimum Gasteiger partial charge on any atom is -0.312 e. The van der Waals surface area contributed by atoms with Crippen LogP contribution in [0.3, 0.4) is 0 Å². The molecule has 0 saturated heterocycles. The van der Waals surface area contributed by atoms with Crippen molar-refractivity contribution in [2.24, 2.45) is 0 Å². The van der Waals surface area contributed by atoms with Gasteiger partial charge in [-0.25, -0.2) is 0 Å². The molecular formula is C11H11Cl2N. The van der Waals surface area contributed by atoms with Crippen molar-refractivity contribution in [3.8, 4) is 12.3 Å². The number of rotatable bonds is 4. The van der Waals surface area contributed by atoms with Crippen LogP contribution in [0.25, 0.3) is 0 Å². The van der Waals surface area contributed by atoms with Gasteiger partial charge in [-0.2, -0.15) is 0 Å². The molecule has 3 heteroatoms. The third kappa shape index (κ3) is 3.23. The highest BCUT2D eigenvalue weighted by atomic mass is 35.5. The lowest BCUT2D eigenvalue weighted by Gasteiger charge is -2.06. The molecule has 0 atom stereocenters. The summed E-state index contributed by atoms with van der Waals surface area (Å²) in [6.07, 6.45) is 5.85. The van der Waals surface area contributed by atoms with Crippen LogP contribution in [0.15, 0.2) is 18.2 Å². The van der Waals surface area contributed by atoms with E-state index in [2.05, 4.69) is 11.2 Å². The van der Waals surface area contributed by atoms with Gasteiger partial charge < -0.3 is 5.32 Å². The summed E-state index contributed by atoms with van der Waals surface area (Å²) in [7, 11) is 0. The van der Waals surface area contributed by atoms with E-state index in [-0.39, 0.29) is 0 Å². The molecule has 0 heterocycles. The lowest BCUT2D eigenvalue weighted by atomic mass is 10.2. The first-order valence-corrected chi connectivity index (χ1v) is 5.08. The number of nitrogens with one attached hydrogen (secondary N) is 1. The number of benzene rings is 1. The molecule has 0 saturated carbocycles. The van der Waals surface area contributed by atoms with Crippen LogP contribution < -0.4 is 5.32 Å². The normalized spacial score (nSPS) is 9.79. The van der Waals surface area contributed by atoms with E-state index in [9.17, 15) is 0 Å². The molecule has 0 aliphatic rings. The minimum atomic E-state index is 0.586. The molecule has 74 valence electrons. The van der Waals surface area contributed by atoms with E-state index in [0.29, 0.717) is 16.6 Å². The summed E-state index contributed by atoms with van der Waals surface area (Å²) < 4.78 is 0. The Balaban J connectivity index is 2.51. The molecule has 1 aromatic rings. The molecule has 0 bridgehead atoms. The van der Waals surface area contributed by atoms with Crippen molar-refractivity contribution in [2.45, 2.75) is 13.0 Å². The topological polar surface area (TPSA) is 12.0 Å². The zero-order valence-electron chi connectivity index (χ0n) is 7.69. The molecule has 1 rings (SSSR count). The molecule has 0 spiro atoms. The number of hydrogen-bond acceptors (Lipinski definition) is 1. The predicted molar refractivity (Wildman–Crippen MR) is 61.6 cm³/mol. The molecule has 14 heavy (non-hydrogen) atoms. The molecule has 0 aliphatic carbocycles. The Morgan fingerprint density at radius 3 is 2.86 bits per heavy atom. The Morgan fingerprint density at radius 2 is 2.14 bits per heavy atom. The quantitative estimate of drug-likeness (QED) is 0.616. The zero-order chi connectivity index (χ0) is 10.4. The Kier molecular flexibility index (Phi) is 4.82. The molecule has 1 N–H and O–H groups in total. The second kappa shape index (κ2) is 5.93. The van der Waals surface area contributed by atoms with Gasteiger partial charge in [-0.1, -0.05) is 35.3 Å². The maximum atomic E-state index is 5.99. The summed E-state index contributed by atoms with van der Waals surface area (Å²) in [5.74, 6) is 2.56. The van der Waals surface area contributed by atoms with Gasteiger partial charge >= 0.3 is 0 Å². The largest absolute Gasteiger partial charge is 0.312 e. The highest BCUT2D eigenvalue weighted by Crippen LogP contribution is 2.25. The van der Waals surface area contributed by atoms with Crippen LogP contribution in [0.5, 0.6) is 0 Å². The van der Waals surface area contributed by atoms with Gasteiger partial charge in [0.2, 0.25) is 0 Å². The van der Waals surface area contributed by atoms with Crippen molar-refractivity contribution in [3.63, 3.8) is 0 Å². The predicted octanol–water partition coefficient (Wildman–Crippen LogP) is 3.11. The molecule has 1 nitrogen and oxygen atoms in total. The van der Waals surface area contributed by atoms with E-state index < -0.39 is 0 Å². The van der Waals surface area contributed by atoms with Crippen LogP contribution >= 0.6 is 23.2 Å². The summed E-state index contributed by atoms with van der Waals surface area (Å²) in [6.45, 7) is 1.49. The fourth-order valence-corrected chi connectivity index (χ4v) is 1.46. The summed E-state index contributed by atoms with van der Waals surface area (Å²) >= 11 is 11.9. The summed E-state index contributed by atoms with van der Waals surface area (Å²) in [5, 5.41) is 4.38. The first kappa shape index (κ1) is 11.4. The molecule has 0 unspecified atom stereocenters. The van der Waals surface area contributed by atoms with Gasteiger partial charge in [-0.3, -0.25) is 0 Å². The molecule has 0 aromatic heterocycles. The molecule has 0 amide bonds. The maximum absolute atomic E-state index is 5.99. The van der Waals surface area contributed by atoms with E-state index in [1.54, 1.807) is 6.07 Å². The van der Waals surface area contributed by atoms with Crippen molar-refractivity contribution < 1.29 is 0 Å². The molecule has 0 fully saturated rings. The highest BCUT2D eigenvalue weighted by Gasteiger charge is 2.02. The lowest BCUT2D eigenvalue weighted by molar-refractivity contribution is 0.701. The van der Waals surface area contributed by atoms with Crippen molar-refractivity contribution in [1.29, 1.82) is 0 Å². The van der Waals surface area contributed by atoms with Crippen LogP contribution in [-0.4, -0.2) is 6.54 Å². The summed E-state index contributed by atoms with van der Waals surface area (Å²) in [4.78, 5) is 0. The third-order valence-electron chi connectivity index (χ3n) is 1.79. The molecule has 0 aliphatic heterocycles. The zero-order valence-corrected chi connectivity index (χ0v) is 9.20. The average Bonchev–Trinajstić information content (AvgIpc) is 2.19. The van der Waals surface area contributed by atoms with Gasteiger partial charge in [0, 0.05) is 19.5 Å². The van der Waals surface area contributed by atoms with Gasteiger partial charge in [-0.15, -0.1) is 12.3 Å². The fourth-order valence-electron chi connectivity index (χ4n) is 1.07. The Hall–Kier alpha value is -0.680. The van der Waals surface area contributed by atoms with E-state index in [0.717, 1.165) is 18.5 Å².